The lowest BCUT2D eigenvalue weighted by Gasteiger charge is -2.12. The number of nitrogens with one attached hydrogen (secondary N) is 2. The summed E-state index contributed by atoms with van der Waals surface area (Å²) in [6.07, 6.45) is 3.90. The third-order valence-electron chi connectivity index (χ3n) is 5.63. The minimum atomic E-state index is -0.0850. The fourth-order valence-electron chi connectivity index (χ4n) is 3.68. The number of fused-ring (bicyclic) bond motifs is 1. The molecule has 8 nitrogen and oxygen atoms in total. The molecular formula is C28H30N4O4. The molecule has 4 aromatic rings. The fraction of sp³-hybridized carbons (Fsp3) is 0.250. The number of carbonyl (C=O) groups is 1. The summed E-state index contributed by atoms with van der Waals surface area (Å²) in [5.74, 6) is 2.58. The smallest absolute Gasteiger partial charge is 0.228 e. The van der Waals surface area contributed by atoms with E-state index in [-0.39, 0.29) is 12.3 Å². The highest BCUT2D eigenvalue weighted by molar-refractivity contribution is 5.94. The summed E-state index contributed by atoms with van der Waals surface area (Å²) in [6, 6.07) is 18.8. The number of aromatic nitrogens is 2. The van der Waals surface area contributed by atoms with Crippen molar-refractivity contribution in [1.29, 1.82) is 0 Å². The maximum Gasteiger partial charge on any atom is 0.228 e. The maximum absolute atomic E-state index is 12.5. The highest BCUT2D eigenvalue weighted by Crippen LogP contribution is 2.34. The zero-order valence-corrected chi connectivity index (χ0v) is 20.7. The Balaban J connectivity index is 1.37. The minimum absolute atomic E-state index is 0.0850. The van der Waals surface area contributed by atoms with Gasteiger partial charge in [-0.3, -0.25) is 4.79 Å². The molecule has 0 unspecified atom stereocenters. The van der Waals surface area contributed by atoms with Gasteiger partial charge >= 0.3 is 0 Å². The van der Waals surface area contributed by atoms with E-state index in [1.54, 1.807) is 14.2 Å². The van der Waals surface area contributed by atoms with Gasteiger partial charge in [0.25, 0.3) is 0 Å². The van der Waals surface area contributed by atoms with Crippen molar-refractivity contribution in [3.05, 3.63) is 72.6 Å². The fourth-order valence-corrected chi connectivity index (χ4v) is 3.68. The van der Waals surface area contributed by atoms with Crippen molar-refractivity contribution in [1.82, 2.24) is 9.97 Å². The molecule has 0 spiro atoms. The molecule has 186 valence electrons. The van der Waals surface area contributed by atoms with Crippen LogP contribution in [0.25, 0.3) is 10.9 Å². The highest BCUT2D eigenvalue weighted by atomic mass is 16.5. The van der Waals surface area contributed by atoms with Crippen molar-refractivity contribution in [2.45, 2.75) is 26.2 Å². The number of methoxy groups -OCH3 is 2. The van der Waals surface area contributed by atoms with Gasteiger partial charge in [0.15, 0.2) is 11.5 Å². The Kier molecular flexibility index (Phi) is 8.18. The van der Waals surface area contributed by atoms with Crippen LogP contribution in [-0.4, -0.2) is 36.7 Å². The number of amides is 1. The van der Waals surface area contributed by atoms with Gasteiger partial charge in [-0.2, -0.15) is 0 Å². The van der Waals surface area contributed by atoms with Crippen LogP contribution in [0, 0.1) is 0 Å². The standard InChI is InChI=1S/C28H30N4O4/c1-4-5-14-36-22-12-6-19(7-13-22)15-27(33)31-20-8-10-21(11-9-20)32-28-23-16-25(34-2)26(35-3)17-24(23)29-18-30-28/h6-13,16-18H,4-5,14-15H2,1-3H3,(H,31,33)(H,29,30,32). The molecule has 0 atom stereocenters. The van der Waals surface area contributed by atoms with E-state index in [1.165, 1.54) is 6.33 Å². The zero-order chi connectivity index (χ0) is 25.3. The Morgan fingerprint density at radius 3 is 2.28 bits per heavy atom. The molecule has 0 radical (unpaired) electrons. The van der Waals surface area contributed by atoms with Crippen LogP contribution >= 0.6 is 0 Å². The molecular weight excluding hydrogens is 456 g/mol. The Morgan fingerprint density at radius 1 is 0.889 bits per heavy atom. The monoisotopic (exact) mass is 486 g/mol. The summed E-state index contributed by atoms with van der Waals surface area (Å²) >= 11 is 0. The number of carbonyl (C=O) groups excluding carboxylic acids is 1. The zero-order valence-electron chi connectivity index (χ0n) is 20.7. The van der Waals surface area contributed by atoms with E-state index < -0.39 is 0 Å². The van der Waals surface area contributed by atoms with Crippen molar-refractivity contribution < 1.29 is 19.0 Å². The molecule has 1 aromatic heterocycles. The molecule has 2 N–H and O–H groups in total. The van der Waals surface area contributed by atoms with E-state index in [4.69, 9.17) is 14.2 Å². The second kappa shape index (κ2) is 11.9. The van der Waals surface area contributed by atoms with Gasteiger partial charge in [-0.25, -0.2) is 9.97 Å². The van der Waals surface area contributed by atoms with Crippen molar-refractivity contribution >= 4 is 34.0 Å². The van der Waals surface area contributed by atoms with Crippen molar-refractivity contribution in [2.24, 2.45) is 0 Å². The Bertz CT molecular complexity index is 1310. The van der Waals surface area contributed by atoms with Gasteiger partial charge in [0.05, 0.1) is 32.8 Å². The molecule has 0 saturated heterocycles. The predicted molar refractivity (Wildman–Crippen MR) is 142 cm³/mol. The Hall–Kier alpha value is -4.33. The number of unbranched alkanes of at least 4 members (excludes halogenated alkanes) is 1. The largest absolute Gasteiger partial charge is 0.494 e. The second-order valence-electron chi connectivity index (χ2n) is 8.22. The van der Waals surface area contributed by atoms with Crippen molar-refractivity contribution in [3.63, 3.8) is 0 Å². The maximum atomic E-state index is 12.5. The summed E-state index contributed by atoms with van der Waals surface area (Å²) in [5.41, 5.74) is 3.19. The summed E-state index contributed by atoms with van der Waals surface area (Å²) in [5, 5.41) is 7.05. The molecule has 36 heavy (non-hydrogen) atoms. The van der Waals surface area contributed by atoms with E-state index in [2.05, 4.69) is 27.5 Å². The van der Waals surface area contributed by atoms with Gasteiger partial charge in [-0.05, 0) is 54.4 Å². The molecule has 1 amide bonds. The lowest BCUT2D eigenvalue weighted by molar-refractivity contribution is -0.115. The van der Waals surface area contributed by atoms with Crippen molar-refractivity contribution in [2.75, 3.05) is 31.5 Å². The van der Waals surface area contributed by atoms with E-state index >= 15 is 0 Å². The van der Waals surface area contributed by atoms with Crippen LogP contribution in [0.1, 0.15) is 25.3 Å². The lowest BCUT2D eigenvalue weighted by atomic mass is 10.1. The first-order valence-corrected chi connectivity index (χ1v) is 11.8. The summed E-state index contributed by atoms with van der Waals surface area (Å²) in [6.45, 7) is 2.84. The van der Waals surface area contributed by atoms with Crippen LogP contribution < -0.4 is 24.8 Å². The number of rotatable bonds is 11. The third kappa shape index (κ3) is 6.21. The predicted octanol–water partition coefficient (Wildman–Crippen LogP) is 5.75. The van der Waals surface area contributed by atoms with E-state index in [1.807, 2.05) is 60.7 Å². The number of hydrogen-bond donors (Lipinski definition) is 2. The Morgan fingerprint density at radius 2 is 1.58 bits per heavy atom. The molecule has 3 aromatic carbocycles. The van der Waals surface area contributed by atoms with Gasteiger partial charge in [-0.15, -0.1) is 0 Å². The van der Waals surface area contributed by atoms with Crippen LogP contribution in [0.3, 0.4) is 0 Å². The number of nitrogens with zero attached hydrogens (tertiary/aromatic N) is 2. The summed E-state index contributed by atoms with van der Waals surface area (Å²) < 4.78 is 16.5. The minimum Gasteiger partial charge on any atom is -0.494 e. The topological polar surface area (TPSA) is 94.6 Å². The van der Waals surface area contributed by atoms with E-state index in [9.17, 15) is 4.79 Å². The normalized spacial score (nSPS) is 10.6. The molecule has 1 heterocycles. The number of hydrogen-bond acceptors (Lipinski definition) is 7. The quantitative estimate of drug-likeness (QED) is 0.261. The molecule has 8 heteroatoms. The number of anilines is 3. The van der Waals surface area contributed by atoms with Crippen LogP contribution in [0.4, 0.5) is 17.2 Å². The van der Waals surface area contributed by atoms with E-state index in [0.29, 0.717) is 29.6 Å². The SMILES string of the molecule is CCCCOc1ccc(CC(=O)Nc2ccc(Nc3ncnc4cc(OC)c(OC)cc34)cc2)cc1. The molecule has 4 rings (SSSR count). The first kappa shape index (κ1) is 24.8. The van der Waals surface area contributed by atoms with Crippen LogP contribution in [0.2, 0.25) is 0 Å². The second-order valence-corrected chi connectivity index (χ2v) is 8.22. The number of ether oxygens (including phenoxy) is 3. The average Bonchev–Trinajstić information content (AvgIpc) is 2.90. The first-order chi connectivity index (χ1) is 17.6. The molecule has 0 aliphatic heterocycles. The van der Waals surface area contributed by atoms with Gasteiger partial charge in [0, 0.05) is 22.8 Å². The summed E-state index contributed by atoms with van der Waals surface area (Å²) in [4.78, 5) is 21.2. The van der Waals surface area contributed by atoms with Gasteiger partial charge < -0.3 is 24.8 Å². The van der Waals surface area contributed by atoms with Gasteiger partial charge in [0.1, 0.15) is 17.9 Å². The lowest BCUT2D eigenvalue weighted by Crippen LogP contribution is -2.14. The first-order valence-electron chi connectivity index (χ1n) is 11.8. The van der Waals surface area contributed by atoms with Crippen molar-refractivity contribution in [3.8, 4) is 17.2 Å². The highest BCUT2D eigenvalue weighted by Gasteiger charge is 2.11. The van der Waals surface area contributed by atoms with Gasteiger partial charge in [0.2, 0.25) is 5.91 Å². The molecule has 0 aliphatic carbocycles. The summed E-state index contributed by atoms with van der Waals surface area (Å²) in [7, 11) is 3.18. The molecule has 0 aliphatic rings. The molecule has 0 fully saturated rings. The molecule has 0 saturated carbocycles. The molecule has 0 bridgehead atoms. The van der Waals surface area contributed by atoms with Gasteiger partial charge in [-0.1, -0.05) is 25.5 Å². The Labute approximate surface area is 210 Å². The third-order valence-corrected chi connectivity index (χ3v) is 5.63. The van der Waals surface area contributed by atoms with Crippen LogP contribution in [0.5, 0.6) is 17.2 Å². The van der Waals surface area contributed by atoms with E-state index in [0.717, 1.165) is 40.7 Å². The van der Waals surface area contributed by atoms with Crippen LogP contribution in [-0.2, 0) is 11.2 Å². The number of benzene rings is 3. The average molecular weight is 487 g/mol. The van der Waals surface area contributed by atoms with Crippen LogP contribution in [0.15, 0.2) is 67.0 Å².